The van der Waals surface area contributed by atoms with Crippen molar-refractivity contribution in [2.75, 3.05) is 27.3 Å². The second kappa shape index (κ2) is 8.20. The van der Waals surface area contributed by atoms with Crippen molar-refractivity contribution >= 4 is 5.91 Å². The van der Waals surface area contributed by atoms with E-state index < -0.39 is 0 Å². The van der Waals surface area contributed by atoms with E-state index in [0.29, 0.717) is 18.1 Å². The summed E-state index contributed by atoms with van der Waals surface area (Å²) >= 11 is 0. The number of methoxy groups -OCH3 is 2. The maximum atomic E-state index is 12.2. The van der Waals surface area contributed by atoms with Gasteiger partial charge in [0, 0.05) is 19.0 Å². The van der Waals surface area contributed by atoms with E-state index >= 15 is 0 Å². The first kappa shape index (κ1) is 17.6. The van der Waals surface area contributed by atoms with Crippen LogP contribution in [0.1, 0.15) is 43.9 Å². The number of carbonyl (C=O) groups excluding carboxylic acids is 1. The molecule has 23 heavy (non-hydrogen) atoms. The van der Waals surface area contributed by atoms with E-state index in [-0.39, 0.29) is 11.9 Å². The summed E-state index contributed by atoms with van der Waals surface area (Å²) in [6.07, 6.45) is 2.38. The van der Waals surface area contributed by atoms with Crippen LogP contribution in [0, 0.1) is 5.92 Å². The van der Waals surface area contributed by atoms with Crippen molar-refractivity contribution in [3.8, 4) is 11.5 Å². The zero-order valence-corrected chi connectivity index (χ0v) is 14.6. The maximum Gasteiger partial charge on any atom is 0.221 e. The molecule has 128 valence electrons. The Kier molecular flexibility index (Phi) is 6.28. The maximum absolute atomic E-state index is 12.2. The quantitative estimate of drug-likeness (QED) is 0.810. The molecule has 2 rings (SSSR count). The Morgan fingerprint density at radius 2 is 2.00 bits per heavy atom. The summed E-state index contributed by atoms with van der Waals surface area (Å²) < 4.78 is 10.8. The van der Waals surface area contributed by atoms with Crippen molar-refractivity contribution in [3.63, 3.8) is 0 Å². The molecular weight excluding hydrogens is 292 g/mol. The smallest absolute Gasteiger partial charge is 0.221 e. The van der Waals surface area contributed by atoms with Crippen molar-refractivity contribution < 1.29 is 14.3 Å². The standard InChI is InChI=1S/C18H28N2O3/c1-12(2)5-7-20-18(21)11-15-14-10-17(23-4)16(22-3)9-13(14)6-8-19-15/h9-10,12,15,19H,5-8,11H2,1-4H3,(H,20,21)/t15-/m1/s1. The number of hydrogen-bond donors (Lipinski definition) is 2. The molecule has 1 aliphatic rings. The molecule has 5 nitrogen and oxygen atoms in total. The minimum atomic E-state index is 0.0256. The molecule has 1 aromatic carbocycles. The highest BCUT2D eigenvalue weighted by Crippen LogP contribution is 2.36. The highest BCUT2D eigenvalue weighted by molar-refractivity contribution is 5.77. The average Bonchev–Trinajstić information content (AvgIpc) is 2.53. The van der Waals surface area contributed by atoms with Crippen molar-refractivity contribution in [1.82, 2.24) is 10.6 Å². The molecule has 0 aromatic heterocycles. The summed E-state index contributed by atoms with van der Waals surface area (Å²) in [7, 11) is 3.28. The van der Waals surface area contributed by atoms with Crippen molar-refractivity contribution in [3.05, 3.63) is 23.3 Å². The van der Waals surface area contributed by atoms with E-state index in [1.54, 1.807) is 14.2 Å². The number of ether oxygens (including phenoxy) is 2. The predicted octanol–water partition coefficient (Wildman–Crippen LogP) is 2.44. The van der Waals surface area contributed by atoms with Gasteiger partial charge >= 0.3 is 0 Å². The Balaban J connectivity index is 2.07. The van der Waals surface area contributed by atoms with Gasteiger partial charge in [0.15, 0.2) is 11.5 Å². The van der Waals surface area contributed by atoms with Gasteiger partial charge in [-0.1, -0.05) is 13.8 Å². The van der Waals surface area contributed by atoms with Crippen LogP contribution in [0.25, 0.3) is 0 Å². The molecule has 0 fully saturated rings. The molecular formula is C18H28N2O3. The third kappa shape index (κ3) is 4.61. The third-order valence-electron chi connectivity index (χ3n) is 4.24. The van der Waals surface area contributed by atoms with Crippen LogP contribution in [0.3, 0.4) is 0 Å². The average molecular weight is 320 g/mol. The van der Waals surface area contributed by atoms with E-state index in [1.807, 2.05) is 12.1 Å². The van der Waals surface area contributed by atoms with Gasteiger partial charge in [-0.05, 0) is 48.6 Å². The molecule has 0 aliphatic carbocycles. The van der Waals surface area contributed by atoms with Gasteiger partial charge in [0.2, 0.25) is 5.91 Å². The van der Waals surface area contributed by atoms with Crippen molar-refractivity contribution in [2.24, 2.45) is 5.92 Å². The summed E-state index contributed by atoms with van der Waals surface area (Å²) in [5.41, 5.74) is 2.36. The second-order valence-electron chi connectivity index (χ2n) is 6.40. The van der Waals surface area contributed by atoms with Gasteiger partial charge in [-0.25, -0.2) is 0 Å². The molecule has 1 amide bonds. The number of fused-ring (bicyclic) bond motifs is 1. The van der Waals surface area contributed by atoms with Crippen LogP contribution in [-0.2, 0) is 11.2 Å². The monoisotopic (exact) mass is 320 g/mol. The van der Waals surface area contributed by atoms with Gasteiger partial charge in [0.1, 0.15) is 0 Å². The molecule has 1 aliphatic heterocycles. The van der Waals surface area contributed by atoms with Gasteiger partial charge in [-0.3, -0.25) is 4.79 Å². The Labute approximate surface area is 138 Å². The predicted molar refractivity (Wildman–Crippen MR) is 91.1 cm³/mol. The fourth-order valence-electron chi connectivity index (χ4n) is 2.91. The summed E-state index contributed by atoms with van der Waals surface area (Å²) in [6.45, 7) is 5.92. The Hall–Kier alpha value is -1.75. The van der Waals surface area contributed by atoms with E-state index in [4.69, 9.17) is 9.47 Å². The molecule has 0 saturated heterocycles. The molecule has 5 heteroatoms. The van der Waals surface area contributed by atoms with E-state index in [1.165, 1.54) is 5.56 Å². The number of hydrogen-bond acceptors (Lipinski definition) is 4. The van der Waals surface area contributed by atoms with Gasteiger partial charge in [0.05, 0.1) is 14.2 Å². The van der Waals surface area contributed by atoms with Gasteiger partial charge in [0.25, 0.3) is 0 Å². The number of benzene rings is 1. The fourth-order valence-corrected chi connectivity index (χ4v) is 2.91. The Morgan fingerprint density at radius 1 is 1.30 bits per heavy atom. The fraction of sp³-hybridized carbons (Fsp3) is 0.611. The van der Waals surface area contributed by atoms with Crippen molar-refractivity contribution in [1.29, 1.82) is 0 Å². The Bertz CT molecular complexity index is 543. The molecule has 0 bridgehead atoms. The highest BCUT2D eigenvalue weighted by Gasteiger charge is 2.24. The first-order valence-corrected chi connectivity index (χ1v) is 8.30. The van der Waals surface area contributed by atoms with E-state index in [9.17, 15) is 4.79 Å². The first-order valence-electron chi connectivity index (χ1n) is 8.30. The topological polar surface area (TPSA) is 59.6 Å². The molecule has 0 saturated carbocycles. The summed E-state index contributed by atoms with van der Waals surface area (Å²) in [6, 6.07) is 4.04. The Morgan fingerprint density at radius 3 is 2.65 bits per heavy atom. The van der Waals surface area contributed by atoms with E-state index in [2.05, 4.69) is 24.5 Å². The number of rotatable bonds is 7. The lowest BCUT2D eigenvalue weighted by molar-refractivity contribution is -0.121. The minimum Gasteiger partial charge on any atom is -0.493 e. The molecule has 0 spiro atoms. The zero-order chi connectivity index (χ0) is 16.8. The number of nitrogens with one attached hydrogen (secondary N) is 2. The summed E-state index contributed by atoms with van der Waals surface area (Å²) in [4.78, 5) is 12.2. The molecule has 0 radical (unpaired) electrons. The third-order valence-corrected chi connectivity index (χ3v) is 4.24. The number of amides is 1. The summed E-state index contributed by atoms with van der Waals surface area (Å²) in [5.74, 6) is 2.14. The van der Waals surface area contributed by atoms with Crippen LogP contribution >= 0.6 is 0 Å². The molecule has 1 aromatic rings. The van der Waals surface area contributed by atoms with Crippen LogP contribution < -0.4 is 20.1 Å². The normalized spacial score (nSPS) is 16.8. The van der Waals surface area contributed by atoms with Gasteiger partial charge < -0.3 is 20.1 Å². The lowest BCUT2D eigenvalue weighted by Gasteiger charge is -2.28. The van der Waals surface area contributed by atoms with Crippen LogP contribution in [0.15, 0.2) is 12.1 Å². The molecule has 1 heterocycles. The lowest BCUT2D eigenvalue weighted by atomic mass is 9.91. The lowest BCUT2D eigenvalue weighted by Crippen LogP contribution is -2.35. The zero-order valence-electron chi connectivity index (χ0n) is 14.6. The molecule has 1 atom stereocenters. The summed E-state index contributed by atoms with van der Waals surface area (Å²) in [5, 5.41) is 6.45. The minimum absolute atomic E-state index is 0.0256. The number of carbonyl (C=O) groups is 1. The highest BCUT2D eigenvalue weighted by atomic mass is 16.5. The van der Waals surface area contributed by atoms with Gasteiger partial charge in [-0.2, -0.15) is 0 Å². The van der Waals surface area contributed by atoms with Gasteiger partial charge in [-0.15, -0.1) is 0 Å². The van der Waals surface area contributed by atoms with Crippen LogP contribution in [0.2, 0.25) is 0 Å². The molecule has 0 unspecified atom stereocenters. The van der Waals surface area contributed by atoms with Crippen LogP contribution in [-0.4, -0.2) is 33.2 Å². The first-order chi connectivity index (χ1) is 11.0. The SMILES string of the molecule is COc1cc2c(cc1OC)[C@@H](CC(=O)NCCC(C)C)NCC2. The van der Waals surface area contributed by atoms with E-state index in [0.717, 1.165) is 37.2 Å². The van der Waals surface area contributed by atoms with Crippen LogP contribution in [0.5, 0.6) is 11.5 Å². The van der Waals surface area contributed by atoms with Crippen molar-refractivity contribution in [2.45, 2.75) is 39.2 Å². The largest absolute Gasteiger partial charge is 0.493 e. The second-order valence-corrected chi connectivity index (χ2v) is 6.40. The molecule has 2 N–H and O–H groups in total. The van der Waals surface area contributed by atoms with Crippen LogP contribution in [0.4, 0.5) is 0 Å².